The van der Waals surface area contributed by atoms with E-state index in [0.29, 0.717) is 37.6 Å². The Labute approximate surface area is 165 Å². The molecule has 0 unspecified atom stereocenters. The van der Waals surface area contributed by atoms with Gasteiger partial charge in [0.1, 0.15) is 24.2 Å². The minimum atomic E-state index is -0.823. The minimum absolute atomic E-state index is 0.204. The number of ether oxygens (including phenoxy) is 2. The van der Waals surface area contributed by atoms with E-state index in [9.17, 15) is 10.2 Å². The summed E-state index contributed by atoms with van der Waals surface area (Å²) in [6.45, 7) is 0.785. The van der Waals surface area contributed by atoms with Crippen LogP contribution in [-0.2, 0) is 22.7 Å². The topological polar surface area (TPSA) is 92.3 Å². The zero-order valence-electron chi connectivity index (χ0n) is 16.1. The molecule has 28 heavy (non-hydrogen) atoms. The third kappa shape index (κ3) is 7.82. The van der Waals surface area contributed by atoms with Gasteiger partial charge in [0, 0.05) is 20.0 Å². The summed E-state index contributed by atoms with van der Waals surface area (Å²) in [5, 5.41) is 29.3. The van der Waals surface area contributed by atoms with Gasteiger partial charge in [0.05, 0.1) is 25.9 Å². The molecule has 0 saturated heterocycles. The zero-order valence-corrected chi connectivity index (χ0v) is 16.1. The predicted molar refractivity (Wildman–Crippen MR) is 104 cm³/mol. The summed E-state index contributed by atoms with van der Waals surface area (Å²) >= 11 is 0. The van der Waals surface area contributed by atoms with Crippen molar-refractivity contribution in [2.24, 2.45) is 0 Å². The highest BCUT2D eigenvalue weighted by Crippen LogP contribution is 2.20. The summed E-state index contributed by atoms with van der Waals surface area (Å²) in [6, 6.07) is 13.0. The molecule has 0 saturated carbocycles. The molecule has 0 spiro atoms. The first-order valence-corrected chi connectivity index (χ1v) is 9.21. The van der Waals surface area contributed by atoms with Crippen LogP contribution in [0.4, 0.5) is 0 Å². The van der Waals surface area contributed by atoms with E-state index in [0.717, 1.165) is 11.1 Å². The SMILES string of the molecule is COCC(=C=CC[C@@H](O)c1ccc(CO)o1)C[C@@H](O)COCc1ccccc1. The Morgan fingerprint density at radius 3 is 2.64 bits per heavy atom. The standard InChI is InChI=1S/C22H28O6/c1-26-14-18(8-5-9-21(25)22-11-10-20(13-23)28-22)12-19(24)16-27-15-17-6-3-2-4-7-17/h2-7,10-11,19,21,23-25H,9,12-16H2,1H3/t8?,19-,21-/m1/s1. The number of aliphatic hydroxyl groups is 3. The fourth-order valence-corrected chi connectivity index (χ4v) is 2.65. The second kappa shape index (κ2) is 12.3. The van der Waals surface area contributed by atoms with Crippen LogP contribution in [0.1, 0.15) is 36.0 Å². The third-order valence-electron chi connectivity index (χ3n) is 4.04. The molecule has 0 radical (unpaired) electrons. The summed E-state index contributed by atoms with van der Waals surface area (Å²) in [5.41, 5.74) is 4.91. The Morgan fingerprint density at radius 1 is 1.18 bits per heavy atom. The van der Waals surface area contributed by atoms with Crippen molar-refractivity contribution in [2.75, 3.05) is 20.3 Å². The maximum Gasteiger partial charge on any atom is 0.133 e. The van der Waals surface area contributed by atoms with Crippen molar-refractivity contribution in [3.05, 3.63) is 76.9 Å². The largest absolute Gasteiger partial charge is 0.461 e. The maximum atomic E-state index is 10.2. The molecule has 1 aromatic carbocycles. The van der Waals surface area contributed by atoms with Gasteiger partial charge in [0.2, 0.25) is 0 Å². The second-order valence-corrected chi connectivity index (χ2v) is 6.46. The highest BCUT2D eigenvalue weighted by molar-refractivity contribution is 5.13. The Bertz CT molecular complexity index is 745. The van der Waals surface area contributed by atoms with Gasteiger partial charge in [-0.2, -0.15) is 0 Å². The smallest absolute Gasteiger partial charge is 0.133 e. The van der Waals surface area contributed by atoms with Crippen molar-refractivity contribution in [3.63, 3.8) is 0 Å². The highest BCUT2D eigenvalue weighted by atomic mass is 16.5. The maximum absolute atomic E-state index is 10.2. The lowest BCUT2D eigenvalue weighted by atomic mass is 10.1. The monoisotopic (exact) mass is 388 g/mol. The summed E-state index contributed by atoms with van der Waals surface area (Å²) in [5.74, 6) is 0.803. The van der Waals surface area contributed by atoms with E-state index in [-0.39, 0.29) is 13.2 Å². The van der Waals surface area contributed by atoms with Gasteiger partial charge in [0.25, 0.3) is 0 Å². The third-order valence-corrected chi connectivity index (χ3v) is 4.04. The predicted octanol–water partition coefficient (Wildman–Crippen LogP) is 2.89. The molecule has 152 valence electrons. The Morgan fingerprint density at radius 2 is 1.96 bits per heavy atom. The molecule has 0 aliphatic carbocycles. The fraction of sp³-hybridized carbons (Fsp3) is 0.409. The number of furan rings is 1. The van der Waals surface area contributed by atoms with E-state index in [1.54, 1.807) is 25.3 Å². The number of benzene rings is 1. The van der Waals surface area contributed by atoms with Crippen molar-refractivity contribution in [1.29, 1.82) is 0 Å². The molecule has 0 amide bonds. The molecule has 0 aliphatic heterocycles. The van der Waals surface area contributed by atoms with E-state index in [1.165, 1.54) is 0 Å². The lowest BCUT2D eigenvalue weighted by molar-refractivity contribution is 0.0273. The first kappa shape index (κ1) is 22.1. The van der Waals surface area contributed by atoms with Crippen LogP contribution in [0, 0.1) is 0 Å². The van der Waals surface area contributed by atoms with Gasteiger partial charge in [-0.3, -0.25) is 0 Å². The van der Waals surface area contributed by atoms with Gasteiger partial charge in [0.15, 0.2) is 0 Å². The molecule has 6 heteroatoms. The van der Waals surface area contributed by atoms with Gasteiger partial charge in [-0.1, -0.05) is 30.3 Å². The molecule has 0 fully saturated rings. The first-order valence-electron chi connectivity index (χ1n) is 9.21. The molecule has 0 bridgehead atoms. The molecule has 0 aliphatic rings. The van der Waals surface area contributed by atoms with E-state index in [1.807, 2.05) is 30.3 Å². The normalized spacial score (nSPS) is 13.0. The average Bonchev–Trinajstić information content (AvgIpc) is 3.18. The van der Waals surface area contributed by atoms with E-state index in [4.69, 9.17) is 19.0 Å². The number of hydrogen-bond acceptors (Lipinski definition) is 6. The van der Waals surface area contributed by atoms with Crippen molar-refractivity contribution >= 4 is 0 Å². The van der Waals surface area contributed by atoms with Crippen molar-refractivity contribution in [2.45, 2.75) is 38.3 Å². The van der Waals surface area contributed by atoms with Crippen molar-refractivity contribution in [3.8, 4) is 0 Å². The zero-order chi connectivity index (χ0) is 20.2. The molecular weight excluding hydrogens is 360 g/mol. The lowest BCUT2D eigenvalue weighted by Crippen LogP contribution is -2.17. The summed E-state index contributed by atoms with van der Waals surface area (Å²) < 4.78 is 16.0. The fourth-order valence-electron chi connectivity index (χ4n) is 2.65. The molecule has 2 atom stereocenters. The van der Waals surface area contributed by atoms with Crippen molar-refractivity contribution in [1.82, 2.24) is 0 Å². The van der Waals surface area contributed by atoms with Gasteiger partial charge in [-0.15, -0.1) is 5.73 Å². The summed E-state index contributed by atoms with van der Waals surface area (Å²) in [6.07, 6.45) is 0.863. The Balaban J connectivity index is 1.83. The summed E-state index contributed by atoms with van der Waals surface area (Å²) in [4.78, 5) is 0. The quantitative estimate of drug-likeness (QED) is 0.484. The number of aliphatic hydroxyl groups excluding tert-OH is 3. The summed E-state index contributed by atoms with van der Waals surface area (Å²) in [7, 11) is 1.58. The number of hydrogen-bond donors (Lipinski definition) is 3. The molecular formula is C22H28O6. The molecule has 2 aromatic rings. The van der Waals surface area contributed by atoms with Crippen LogP contribution in [0.5, 0.6) is 0 Å². The van der Waals surface area contributed by atoms with E-state index < -0.39 is 12.2 Å². The Hall–Kier alpha value is -2.18. The van der Waals surface area contributed by atoms with Gasteiger partial charge in [-0.05, 0) is 29.3 Å². The number of methoxy groups -OCH3 is 1. The van der Waals surface area contributed by atoms with Crippen molar-refractivity contribution < 1.29 is 29.2 Å². The molecule has 1 heterocycles. The van der Waals surface area contributed by atoms with Gasteiger partial charge in [-0.25, -0.2) is 0 Å². The van der Waals surface area contributed by atoms with Crippen LogP contribution in [0.3, 0.4) is 0 Å². The minimum Gasteiger partial charge on any atom is -0.461 e. The van der Waals surface area contributed by atoms with Gasteiger partial charge < -0.3 is 29.2 Å². The highest BCUT2D eigenvalue weighted by Gasteiger charge is 2.11. The first-order chi connectivity index (χ1) is 13.6. The van der Waals surface area contributed by atoms with E-state index in [2.05, 4.69) is 5.73 Å². The Kier molecular flexibility index (Phi) is 9.72. The van der Waals surface area contributed by atoms with Crippen LogP contribution in [0.25, 0.3) is 0 Å². The van der Waals surface area contributed by atoms with Crippen LogP contribution in [0.15, 0.2) is 64.3 Å². The lowest BCUT2D eigenvalue weighted by Gasteiger charge is -2.12. The van der Waals surface area contributed by atoms with Gasteiger partial charge >= 0.3 is 0 Å². The van der Waals surface area contributed by atoms with Crippen LogP contribution >= 0.6 is 0 Å². The molecule has 6 nitrogen and oxygen atoms in total. The van der Waals surface area contributed by atoms with E-state index >= 15 is 0 Å². The van der Waals surface area contributed by atoms with Crippen LogP contribution in [-0.4, -0.2) is 41.7 Å². The second-order valence-electron chi connectivity index (χ2n) is 6.46. The molecule has 1 aromatic heterocycles. The van der Waals surface area contributed by atoms with Crippen LogP contribution < -0.4 is 0 Å². The molecule has 3 N–H and O–H groups in total. The van der Waals surface area contributed by atoms with Crippen LogP contribution in [0.2, 0.25) is 0 Å². The molecule has 2 rings (SSSR count). The number of rotatable bonds is 12. The average molecular weight is 388 g/mol.